The average Bonchev–Trinajstić information content (AvgIpc) is 2.39. The maximum Gasteiger partial charge on any atom is 0.216 e. The molecule has 0 aliphatic carbocycles. The molecule has 1 aromatic carbocycles. The summed E-state index contributed by atoms with van der Waals surface area (Å²) in [5.41, 5.74) is 2.12. The first kappa shape index (κ1) is 14.9. The molecule has 1 heterocycles. The molecular weight excluding hydrogens is 298 g/mol. The van der Waals surface area contributed by atoms with Crippen LogP contribution in [0.25, 0.3) is 0 Å². The fourth-order valence-corrected chi connectivity index (χ4v) is 2.87. The van der Waals surface area contributed by atoms with Gasteiger partial charge in [-0.15, -0.1) is 0 Å². The van der Waals surface area contributed by atoms with E-state index >= 15 is 0 Å². The van der Waals surface area contributed by atoms with E-state index in [-0.39, 0.29) is 12.3 Å². The number of aryl methyl sites for hydroxylation is 1. The van der Waals surface area contributed by atoms with Gasteiger partial charge >= 0.3 is 0 Å². The molecule has 0 saturated heterocycles. The zero-order valence-corrected chi connectivity index (χ0v) is 12.4. The van der Waals surface area contributed by atoms with Gasteiger partial charge in [-0.05, 0) is 30.7 Å². The minimum Gasteiger partial charge on any atom is -0.242 e. The molecule has 0 unspecified atom stereocenters. The lowest BCUT2D eigenvalue weighted by molar-refractivity contribution is 0.579. The van der Waals surface area contributed by atoms with Crippen molar-refractivity contribution in [3.8, 4) is 0 Å². The zero-order valence-electron chi connectivity index (χ0n) is 10.9. The number of nitrogens with one attached hydrogen (secondary N) is 1. The fraction of sp³-hybridized carbons (Fsp3) is 0.231. The summed E-state index contributed by atoms with van der Waals surface area (Å²) in [6, 6.07) is 8.46. The number of sulfonamides is 1. The normalized spacial score (nSPS) is 11.5. The average molecular weight is 312 g/mol. The van der Waals surface area contributed by atoms with E-state index < -0.39 is 10.0 Å². The second-order valence-corrected chi connectivity index (χ2v) is 6.60. The Bertz CT molecular complexity index is 687. The number of rotatable bonds is 5. The predicted molar refractivity (Wildman–Crippen MR) is 77.7 cm³/mol. The third-order valence-corrected chi connectivity index (χ3v) is 4.15. The summed E-state index contributed by atoms with van der Waals surface area (Å²) in [6.45, 7) is 1.98. The molecule has 0 saturated carbocycles. The topological polar surface area (TPSA) is 72.0 Å². The summed E-state index contributed by atoms with van der Waals surface area (Å²) < 4.78 is 26.4. The highest BCUT2D eigenvalue weighted by atomic mass is 35.5. The Kier molecular flexibility index (Phi) is 4.69. The number of benzene rings is 1. The van der Waals surface area contributed by atoms with Crippen LogP contribution in [-0.2, 0) is 22.3 Å². The maximum absolute atomic E-state index is 12.0. The lowest BCUT2D eigenvalue weighted by Crippen LogP contribution is -2.25. The minimum atomic E-state index is -3.41. The molecule has 20 heavy (non-hydrogen) atoms. The molecule has 106 valence electrons. The first-order valence-corrected chi connectivity index (χ1v) is 7.97. The number of halogens is 1. The minimum absolute atomic E-state index is 0.0891. The van der Waals surface area contributed by atoms with E-state index in [1.54, 1.807) is 30.3 Å². The van der Waals surface area contributed by atoms with Gasteiger partial charge in [0.2, 0.25) is 10.0 Å². The Morgan fingerprint density at radius 3 is 2.55 bits per heavy atom. The molecule has 2 aromatic rings. The van der Waals surface area contributed by atoms with Crippen molar-refractivity contribution in [2.24, 2.45) is 0 Å². The molecule has 0 fully saturated rings. The lowest BCUT2D eigenvalue weighted by atomic mass is 10.2. The van der Waals surface area contributed by atoms with Gasteiger partial charge in [0.05, 0.1) is 18.0 Å². The summed E-state index contributed by atoms with van der Waals surface area (Å²) in [5, 5.41) is 0.579. The number of hydrogen-bond acceptors (Lipinski definition) is 4. The van der Waals surface area contributed by atoms with Crippen LogP contribution in [0.15, 0.2) is 36.7 Å². The predicted octanol–water partition coefficient (Wildman–Crippen LogP) is 2.06. The summed E-state index contributed by atoms with van der Waals surface area (Å²) in [4.78, 5) is 7.97. The third kappa shape index (κ3) is 4.56. The molecule has 7 heteroatoms. The van der Waals surface area contributed by atoms with E-state index in [0.717, 1.165) is 5.69 Å². The van der Waals surface area contributed by atoms with Gasteiger partial charge in [0.1, 0.15) is 6.33 Å². The second kappa shape index (κ2) is 6.30. The van der Waals surface area contributed by atoms with Crippen LogP contribution in [0.3, 0.4) is 0 Å². The third-order valence-electron chi connectivity index (χ3n) is 2.60. The fourth-order valence-electron chi connectivity index (χ4n) is 1.64. The molecule has 0 bridgehead atoms. The molecule has 0 aliphatic heterocycles. The summed E-state index contributed by atoms with van der Waals surface area (Å²) in [7, 11) is -3.41. The summed E-state index contributed by atoms with van der Waals surface area (Å²) >= 11 is 5.76. The van der Waals surface area contributed by atoms with Crippen LogP contribution >= 0.6 is 11.6 Å². The Balaban J connectivity index is 1.99. The van der Waals surface area contributed by atoms with Crippen molar-refractivity contribution in [3.05, 3.63) is 58.6 Å². The second-order valence-electron chi connectivity index (χ2n) is 4.36. The molecule has 0 atom stereocenters. The summed E-state index contributed by atoms with van der Waals surface area (Å²) in [5.74, 6) is -0.0891. The Labute approximate surface area is 123 Å². The van der Waals surface area contributed by atoms with Gasteiger partial charge in [0, 0.05) is 10.7 Å². The van der Waals surface area contributed by atoms with Crippen LogP contribution < -0.4 is 4.72 Å². The van der Waals surface area contributed by atoms with Crippen molar-refractivity contribution in [3.63, 3.8) is 0 Å². The molecule has 2 rings (SSSR count). The van der Waals surface area contributed by atoms with Crippen LogP contribution in [0.2, 0.25) is 5.02 Å². The van der Waals surface area contributed by atoms with E-state index in [4.69, 9.17) is 11.6 Å². The molecule has 0 spiro atoms. The van der Waals surface area contributed by atoms with Crippen molar-refractivity contribution in [1.82, 2.24) is 14.7 Å². The van der Waals surface area contributed by atoms with Gasteiger partial charge in [-0.3, -0.25) is 0 Å². The highest BCUT2D eigenvalue weighted by Gasteiger charge is 2.11. The van der Waals surface area contributed by atoms with E-state index in [0.29, 0.717) is 16.3 Å². The largest absolute Gasteiger partial charge is 0.242 e. The molecule has 5 nitrogen and oxygen atoms in total. The highest BCUT2D eigenvalue weighted by Crippen LogP contribution is 2.11. The quantitative estimate of drug-likeness (QED) is 0.917. The molecule has 0 amide bonds. The van der Waals surface area contributed by atoms with Crippen LogP contribution in [0.4, 0.5) is 0 Å². The van der Waals surface area contributed by atoms with Crippen LogP contribution in [0, 0.1) is 6.92 Å². The molecule has 0 aliphatic rings. The van der Waals surface area contributed by atoms with Gasteiger partial charge in [0.15, 0.2) is 0 Å². The molecular formula is C13H14ClN3O2S. The maximum atomic E-state index is 12.0. The van der Waals surface area contributed by atoms with Crippen molar-refractivity contribution in [2.45, 2.75) is 19.2 Å². The number of aromatic nitrogens is 2. The van der Waals surface area contributed by atoms with Crippen LogP contribution in [0.5, 0.6) is 0 Å². The van der Waals surface area contributed by atoms with E-state index in [1.807, 2.05) is 6.92 Å². The summed E-state index contributed by atoms with van der Waals surface area (Å²) in [6.07, 6.45) is 1.41. The molecule has 1 aromatic heterocycles. The Hall–Kier alpha value is -1.50. The number of hydrogen-bond donors (Lipinski definition) is 1. The Morgan fingerprint density at radius 1 is 1.20 bits per heavy atom. The standard InChI is InChI=1S/C13H14ClN3O2S/c1-10-6-13(16-9-15-10)7-17-20(18,19)8-11-2-4-12(14)5-3-11/h2-6,9,17H,7-8H2,1H3. The molecule has 1 N–H and O–H groups in total. The SMILES string of the molecule is Cc1cc(CNS(=O)(=O)Cc2ccc(Cl)cc2)ncn1. The lowest BCUT2D eigenvalue weighted by Gasteiger charge is -2.07. The smallest absolute Gasteiger partial charge is 0.216 e. The van der Waals surface area contributed by atoms with Gasteiger partial charge < -0.3 is 0 Å². The van der Waals surface area contributed by atoms with Gasteiger partial charge in [-0.2, -0.15) is 0 Å². The van der Waals surface area contributed by atoms with Crippen molar-refractivity contribution >= 4 is 21.6 Å². The number of nitrogens with zero attached hydrogens (tertiary/aromatic N) is 2. The van der Waals surface area contributed by atoms with Crippen molar-refractivity contribution < 1.29 is 8.42 Å². The van der Waals surface area contributed by atoms with Gasteiger partial charge in [0.25, 0.3) is 0 Å². The van der Waals surface area contributed by atoms with Crippen molar-refractivity contribution in [2.75, 3.05) is 0 Å². The first-order valence-electron chi connectivity index (χ1n) is 5.94. The first-order chi connectivity index (χ1) is 9.44. The van der Waals surface area contributed by atoms with E-state index in [1.165, 1.54) is 6.33 Å². The van der Waals surface area contributed by atoms with Crippen LogP contribution in [-0.4, -0.2) is 18.4 Å². The monoisotopic (exact) mass is 311 g/mol. The Morgan fingerprint density at radius 2 is 1.90 bits per heavy atom. The van der Waals surface area contributed by atoms with Crippen molar-refractivity contribution in [1.29, 1.82) is 0 Å². The van der Waals surface area contributed by atoms with Gasteiger partial charge in [-0.25, -0.2) is 23.1 Å². The zero-order chi connectivity index (χ0) is 14.6. The van der Waals surface area contributed by atoms with E-state index in [9.17, 15) is 8.42 Å². The van der Waals surface area contributed by atoms with Crippen LogP contribution in [0.1, 0.15) is 17.0 Å². The van der Waals surface area contributed by atoms with Gasteiger partial charge in [-0.1, -0.05) is 23.7 Å². The van der Waals surface area contributed by atoms with E-state index in [2.05, 4.69) is 14.7 Å². The highest BCUT2D eigenvalue weighted by molar-refractivity contribution is 7.88. The molecule has 0 radical (unpaired) electrons.